The lowest BCUT2D eigenvalue weighted by Crippen LogP contribution is -1.98. The van der Waals surface area contributed by atoms with Gasteiger partial charge in [-0.3, -0.25) is 15.1 Å². The summed E-state index contributed by atoms with van der Waals surface area (Å²) >= 11 is 0. The number of aromatic nitrogens is 1. The minimum atomic E-state index is -0.503. The lowest BCUT2D eigenvalue weighted by molar-refractivity contribution is -0.383. The fraction of sp³-hybridized carbons (Fsp3) is 0. The number of pyridine rings is 1. The van der Waals surface area contributed by atoms with E-state index in [1.165, 1.54) is 12.1 Å². The van der Waals surface area contributed by atoms with Crippen molar-refractivity contribution in [2.45, 2.75) is 0 Å². The molecule has 21 heavy (non-hydrogen) atoms. The summed E-state index contributed by atoms with van der Waals surface area (Å²) in [6.45, 7) is 0. The molecule has 0 amide bonds. The zero-order valence-electron chi connectivity index (χ0n) is 11.0. The summed E-state index contributed by atoms with van der Waals surface area (Å²) in [7, 11) is 0. The second-order valence-corrected chi connectivity index (χ2v) is 4.57. The molecule has 6 heteroatoms. The third-order valence-electron chi connectivity index (χ3n) is 3.10. The van der Waals surface area contributed by atoms with Crippen LogP contribution in [0.15, 0.2) is 54.7 Å². The summed E-state index contributed by atoms with van der Waals surface area (Å²) < 4.78 is 0. The second kappa shape index (κ2) is 5.09. The zero-order valence-corrected chi connectivity index (χ0v) is 11.0. The van der Waals surface area contributed by atoms with E-state index in [4.69, 9.17) is 5.73 Å². The van der Waals surface area contributed by atoms with Crippen molar-refractivity contribution in [3.05, 3.63) is 64.8 Å². The highest BCUT2D eigenvalue weighted by molar-refractivity contribution is 5.82. The van der Waals surface area contributed by atoms with Gasteiger partial charge in [-0.1, -0.05) is 18.2 Å². The van der Waals surface area contributed by atoms with Crippen LogP contribution in [0, 0.1) is 10.1 Å². The van der Waals surface area contributed by atoms with Crippen molar-refractivity contribution >= 4 is 33.7 Å². The second-order valence-electron chi connectivity index (χ2n) is 4.57. The Kier molecular flexibility index (Phi) is 3.12. The number of nitro benzene ring substituents is 1. The van der Waals surface area contributed by atoms with Crippen LogP contribution in [0.25, 0.3) is 10.9 Å². The van der Waals surface area contributed by atoms with Crippen molar-refractivity contribution in [2.75, 3.05) is 11.1 Å². The maximum Gasteiger partial charge on any atom is 0.292 e. The van der Waals surface area contributed by atoms with Gasteiger partial charge in [-0.25, -0.2) is 0 Å². The quantitative estimate of drug-likeness (QED) is 0.435. The van der Waals surface area contributed by atoms with Crippen molar-refractivity contribution < 1.29 is 4.92 Å². The first-order chi connectivity index (χ1) is 10.1. The van der Waals surface area contributed by atoms with E-state index in [0.717, 1.165) is 16.6 Å². The van der Waals surface area contributed by atoms with Crippen LogP contribution in [-0.4, -0.2) is 9.91 Å². The van der Waals surface area contributed by atoms with Gasteiger partial charge in [-0.2, -0.15) is 0 Å². The van der Waals surface area contributed by atoms with Gasteiger partial charge in [-0.05, 0) is 24.3 Å². The molecule has 0 radical (unpaired) electrons. The minimum absolute atomic E-state index is 0.0998. The Labute approximate surface area is 120 Å². The number of anilines is 3. The van der Waals surface area contributed by atoms with Gasteiger partial charge in [0.25, 0.3) is 5.69 Å². The van der Waals surface area contributed by atoms with Crippen molar-refractivity contribution in [1.82, 2.24) is 4.98 Å². The molecule has 0 saturated carbocycles. The molecule has 3 N–H and O–H groups in total. The van der Waals surface area contributed by atoms with E-state index in [0.29, 0.717) is 5.69 Å². The molecule has 0 aliphatic carbocycles. The fourth-order valence-corrected chi connectivity index (χ4v) is 2.10. The normalized spacial score (nSPS) is 10.5. The average Bonchev–Trinajstić information content (AvgIpc) is 2.47. The summed E-state index contributed by atoms with van der Waals surface area (Å²) in [5.74, 6) is 0. The highest BCUT2D eigenvalue weighted by Crippen LogP contribution is 2.27. The number of para-hydroxylation sites is 1. The molecular weight excluding hydrogens is 268 g/mol. The van der Waals surface area contributed by atoms with Crippen LogP contribution in [0.3, 0.4) is 0 Å². The Morgan fingerprint density at radius 2 is 1.90 bits per heavy atom. The molecule has 0 atom stereocenters. The van der Waals surface area contributed by atoms with Gasteiger partial charge in [0.2, 0.25) is 0 Å². The summed E-state index contributed by atoms with van der Waals surface area (Å²) in [5, 5.41) is 14.9. The Hall–Kier alpha value is -3.15. The van der Waals surface area contributed by atoms with Gasteiger partial charge in [-0.15, -0.1) is 0 Å². The third kappa shape index (κ3) is 2.59. The van der Waals surface area contributed by atoms with Crippen LogP contribution in [0.1, 0.15) is 0 Å². The lowest BCUT2D eigenvalue weighted by Gasteiger charge is -2.08. The van der Waals surface area contributed by atoms with Crippen LogP contribution >= 0.6 is 0 Å². The monoisotopic (exact) mass is 280 g/mol. The number of nitro groups is 1. The van der Waals surface area contributed by atoms with Crippen molar-refractivity contribution in [2.24, 2.45) is 0 Å². The fourth-order valence-electron chi connectivity index (χ4n) is 2.10. The van der Waals surface area contributed by atoms with Crippen LogP contribution in [0.5, 0.6) is 0 Å². The molecule has 0 saturated heterocycles. The molecule has 0 unspecified atom stereocenters. The largest absolute Gasteiger partial charge is 0.393 e. The first-order valence-corrected chi connectivity index (χ1v) is 6.29. The number of nitrogens with two attached hydrogens (primary N) is 1. The minimum Gasteiger partial charge on any atom is -0.393 e. The molecule has 0 aliphatic rings. The molecule has 6 nitrogen and oxygen atoms in total. The van der Waals surface area contributed by atoms with Gasteiger partial charge >= 0.3 is 0 Å². The maximum atomic E-state index is 10.7. The Balaban J connectivity index is 1.91. The van der Waals surface area contributed by atoms with Crippen LogP contribution in [0.2, 0.25) is 0 Å². The van der Waals surface area contributed by atoms with Gasteiger partial charge in [0, 0.05) is 17.1 Å². The molecule has 3 rings (SSSR count). The maximum absolute atomic E-state index is 10.7. The molecule has 0 aliphatic heterocycles. The van der Waals surface area contributed by atoms with E-state index in [9.17, 15) is 10.1 Å². The average molecular weight is 280 g/mol. The number of nitrogens with one attached hydrogen (secondary N) is 1. The number of nitrogens with zero attached hydrogens (tertiary/aromatic N) is 2. The van der Waals surface area contributed by atoms with Gasteiger partial charge < -0.3 is 11.1 Å². The highest BCUT2D eigenvalue weighted by atomic mass is 16.6. The Bertz CT molecular complexity index is 833. The summed E-state index contributed by atoms with van der Waals surface area (Å²) in [6.07, 6.45) is 1.71. The van der Waals surface area contributed by atoms with E-state index in [2.05, 4.69) is 10.3 Å². The first-order valence-electron chi connectivity index (χ1n) is 6.29. The van der Waals surface area contributed by atoms with Gasteiger partial charge in [0.1, 0.15) is 5.69 Å². The van der Waals surface area contributed by atoms with E-state index in [1.807, 2.05) is 30.3 Å². The van der Waals surface area contributed by atoms with Crippen molar-refractivity contribution in [1.29, 1.82) is 0 Å². The highest BCUT2D eigenvalue weighted by Gasteiger charge is 2.11. The molecular formula is C15H12N4O2. The topological polar surface area (TPSA) is 94.1 Å². The number of benzene rings is 2. The summed E-state index contributed by atoms with van der Waals surface area (Å²) in [6, 6.07) is 14.3. The lowest BCUT2D eigenvalue weighted by atomic mass is 10.2. The Morgan fingerprint density at radius 1 is 1.10 bits per heavy atom. The molecule has 3 aromatic rings. The number of hydrogen-bond donors (Lipinski definition) is 2. The molecule has 1 aromatic heterocycles. The Morgan fingerprint density at radius 3 is 2.67 bits per heavy atom. The predicted octanol–water partition coefficient (Wildman–Crippen LogP) is 3.47. The molecule has 2 aromatic carbocycles. The van der Waals surface area contributed by atoms with Crippen molar-refractivity contribution in [3.63, 3.8) is 0 Å². The first kappa shape index (κ1) is 12.9. The van der Waals surface area contributed by atoms with Gasteiger partial charge in [0.15, 0.2) is 0 Å². The van der Waals surface area contributed by atoms with E-state index >= 15 is 0 Å². The van der Waals surface area contributed by atoms with Crippen molar-refractivity contribution in [3.8, 4) is 0 Å². The number of rotatable bonds is 3. The van der Waals surface area contributed by atoms with E-state index in [-0.39, 0.29) is 11.4 Å². The third-order valence-corrected chi connectivity index (χ3v) is 3.10. The van der Waals surface area contributed by atoms with Gasteiger partial charge in [0.05, 0.1) is 22.3 Å². The summed E-state index contributed by atoms with van der Waals surface area (Å²) in [5.41, 5.74) is 8.07. The van der Waals surface area contributed by atoms with E-state index < -0.39 is 4.92 Å². The SMILES string of the molecule is Nc1cc(Nc2cnc3ccccc3c2)ccc1[N+](=O)[O-]. The van der Waals surface area contributed by atoms with Crippen LogP contribution in [-0.2, 0) is 0 Å². The zero-order chi connectivity index (χ0) is 14.8. The van der Waals surface area contributed by atoms with E-state index in [1.54, 1.807) is 12.3 Å². The number of fused-ring (bicyclic) bond motifs is 1. The predicted molar refractivity (Wildman–Crippen MR) is 82.5 cm³/mol. The molecule has 0 spiro atoms. The summed E-state index contributed by atoms with van der Waals surface area (Å²) in [4.78, 5) is 14.6. The molecule has 0 bridgehead atoms. The van der Waals surface area contributed by atoms with Crippen LogP contribution in [0.4, 0.5) is 22.7 Å². The molecule has 1 heterocycles. The van der Waals surface area contributed by atoms with Crippen LogP contribution < -0.4 is 11.1 Å². The molecule has 0 fully saturated rings. The standard InChI is InChI=1S/C15H12N4O2/c16-13-8-11(5-6-15(13)19(20)21)18-12-7-10-3-1-2-4-14(10)17-9-12/h1-9,18H,16H2. The number of hydrogen-bond acceptors (Lipinski definition) is 5. The smallest absolute Gasteiger partial charge is 0.292 e. The number of nitrogen functional groups attached to an aromatic ring is 1. The molecule has 104 valence electrons.